The number of rotatable bonds is 5. The molecule has 10 heteroatoms. The highest BCUT2D eigenvalue weighted by Crippen LogP contribution is 2.33. The third kappa shape index (κ3) is 4.86. The monoisotopic (exact) mass is 422 g/mol. The van der Waals surface area contributed by atoms with Crippen LogP contribution in [0.5, 0.6) is 0 Å². The Bertz CT molecular complexity index is 1010. The first-order valence-corrected chi connectivity index (χ1v) is 8.66. The van der Waals surface area contributed by atoms with Crippen LogP contribution in [0.4, 0.5) is 28.9 Å². The van der Waals surface area contributed by atoms with Gasteiger partial charge in [-0.1, -0.05) is 0 Å². The first-order valence-electron chi connectivity index (χ1n) is 8.66. The number of nitriles is 1. The van der Waals surface area contributed by atoms with E-state index in [1.165, 1.54) is 50.2 Å². The Morgan fingerprint density at radius 2 is 1.83 bits per heavy atom. The molecule has 0 bridgehead atoms. The van der Waals surface area contributed by atoms with Crippen molar-refractivity contribution in [2.24, 2.45) is 0 Å². The average Bonchev–Trinajstić information content (AvgIpc) is 2.71. The SMILES string of the molecule is CNC(=O)c1ccc(N(C)C(C)C(=O)Nc2ccc(C#N)c(C(F)(F)F)c2)cc1F. The number of halogens is 4. The van der Waals surface area contributed by atoms with E-state index in [1.54, 1.807) is 0 Å². The lowest BCUT2D eigenvalue weighted by atomic mass is 10.1. The Labute approximate surface area is 170 Å². The van der Waals surface area contributed by atoms with Crippen molar-refractivity contribution < 1.29 is 27.2 Å². The van der Waals surface area contributed by atoms with Crippen molar-refractivity contribution >= 4 is 23.2 Å². The van der Waals surface area contributed by atoms with Crippen LogP contribution in [-0.2, 0) is 11.0 Å². The molecular formula is C20H18F4N4O2. The zero-order chi connectivity index (χ0) is 22.6. The molecule has 0 aliphatic carbocycles. The molecular weight excluding hydrogens is 404 g/mol. The highest BCUT2D eigenvalue weighted by atomic mass is 19.4. The number of hydrogen-bond donors (Lipinski definition) is 2. The molecule has 2 aromatic rings. The van der Waals surface area contributed by atoms with Crippen LogP contribution >= 0.6 is 0 Å². The van der Waals surface area contributed by atoms with Crippen molar-refractivity contribution in [1.82, 2.24) is 5.32 Å². The van der Waals surface area contributed by atoms with E-state index in [4.69, 9.17) is 5.26 Å². The Balaban J connectivity index is 2.21. The number of nitrogens with zero attached hydrogens (tertiary/aromatic N) is 2. The molecule has 0 radical (unpaired) electrons. The summed E-state index contributed by atoms with van der Waals surface area (Å²) in [6.07, 6.45) is -4.75. The van der Waals surface area contributed by atoms with Gasteiger partial charge in [0.05, 0.1) is 22.8 Å². The van der Waals surface area contributed by atoms with Crippen molar-refractivity contribution in [3.63, 3.8) is 0 Å². The summed E-state index contributed by atoms with van der Waals surface area (Å²) >= 11 is 0. The van der Waals surface area contributed by atoms with Crippen LogP contribution in [0.1, 0.15) is 28.4 Å². The summed E-state index contributed by atoms with van der Waals surface area (Å²) in [5.41, 5.74) is -1.72. The van der Waals surface area contributed by atoms with Gasteiger partial charge in [-0.25, -0.2) is 4.39 Å². The molecule has 2 aromatic carbocycles. The van der Waals surface area contributed by atoms with Crippen molar-refractivity contribution in [3.05, 3.63) is 58.9 Å². The quantitative estimate of drug-likeness (QED) is 0.722. The topological polar surface area (TPSA) is 85.2 Å². The van der Waals surface area contributed by atoms with Crippen LogP contribution in [0.25, 0.3) is 0 Å². The molecule has 0 aliphatic heterocycles. The smallest absolute Gasteiger partial charge is 0.363 e. The van der Waals surface area contributed by atoms with Crippen molar-refractivity contribution in [1.29, 1.82) is 5.26 Å². The number of anilines is 2. The van der Waals surface area contributed by atoms with E-state index in [-0.39, 0.29) is 11.3 Å². The first-order chi connectivity index (χ1) is 14.0. The van der Waals surface area contributed by atoms with E-state index in [9.17, 15) is 27.2 Å². The molecule has 158 valence electrons. The zero-order valence-electron chi connectivity index (χ0n) is 16.3. The summed E-state index contributed by atoms with van der Waals surface area (Å²) in [5, 5.41) is 13.5. The van der Waals surface area contributed by atoms with Crippen LogP contribution in [-0.4, -0.2) is 32.0 Å². The minimum Gasteiger partial charge on any atom is -0.363 e. The number of hydrogen-bond acceptors (Lipinski definition) is 4. The predicted octanol–water partition coefficient (Wildman–Crippen LogP) is 3.54. The number of benzene rings is 2. The molecule has 0 saturated carbocycles. The third-order valence-corrected chi connectivity index (χ3v) is 4.50. The van der Waals surface area contributed by atoms with Crippen LogP contribution in [0, 0.1) is 17.1 Å². The van der Waals surface area contributed by atoms with Crippen LogP contribution < -0.4 is 15.5 Å². The maximum Gasteiger partial charge on any atom is 0.417 e. The molecule has 0 aliphatic rings. The molecule has 0 aromatic heterocycles. The lowest BCUT2D eigenvalue weighted by Gasteiger charge is -2.26. The fourth-order valence-electron chi connectivity index (χ4n) is 2.64. The molecule has 6 nitrogen and oxygen atoms in total. The Morgan fingerprint density at radius 1 is 1.17 bits per heavy atom. The molecule has 2 N–H and O–H groups in total. The standard InChI is InChI=1S/C20H18F4N4O2/c1-11(28(3)14-6-7-15(17(21)9-14)19(30)26-2)18(29)27-13-5-4-12(10-25)16(8-13)20(22,23)24/h4-9,11H,1-3H3,(H,26,30)(H,27,29). The molecule has 0 spiro atoms. The summed E-state index contributed by atoms with van der Waals surface area (Å²) in [7, 11) is 2.86. The van der Waals surface area contributed by atoms with E-state index >= 15 is 0 Å². The van der Waals surface area contributed by atoms with Gasteiger partial charge in [0.1, 0.15) is 11.9 Å². The second-order valence-corrected chi connectivity index (χ2v) is 6.39. The Kier molecular flexibility index (Phi) is 6.66. The normalized spacial score (nSPS) is 11.9. The lowest BCUT2D eigenvalue weighted by Crippen LogP contribution is -2.39. The number of likely N-dealkylation sites (N-methyl/N-ethyl adjacent to an activating group) is 1. The molecule has 2 amide bonds. The maximum atomic E-state index is 14.2. The van der Waals surface area contributed by atoms with Gasteiger partial charge in [-0.05, 0) is 43.3 Å². The van der Waals surface area contributed by atoms with Gasteiger partial charge < -0.3 is 15.5 Å². The molecule has 0 saturated heterocycles. The molecule has 1 unspecified atom stereocenters. The number of alkyl halides is 3. The minimum absolute atomic E-state index is 0.132. The van der Waals surface area contributed by atoms with Crippen LogP contribution in [0.3, 0.4) is 0 Å². The van der Waals surface area contributed by atoms with Crippen molar-refractivity contribution in [3.8, 4) is 6.07 Å². The second kappa shape index (κ2) is 8.82. The molecule has 1 atom stereocenters. The largest absolute Gasteiger partial charge is 0.417 e. The summed E-state index contributed by atoms with van der Waals surface area (Å²) in [4.78, 5) is 25.5. The lowest BCUT2D eigenvalue weighted by molar-refractivity contribution is -0.137. The summed E-state index contributed by atoms with van der Waals surface area (Å²) < 4.78 is 53.4. The van der Waals surface area contributed by atoms with Crippen molar-refractivity contribution in [2.45, 2.75) is 19.1 Å². The number of carbonyl (C=O) groups is 2. The van der Waals surface area contributed by atoms with E-state index in [2.05, 4.69) is 10.6 Å². The Hall–Kier alpha value is -3.61. The fourth-order valence-corrected chi connectivity index (χ4v) is 2.64. The van der Waals surface area contributed by atoms with Gasteiger partial charge in [-0.3, -0.25) is 9.59 Å². The van der Waals surface area contributed by atoms with Crippen molar-refractivity contribution in [2.75, 3.05) is 24.3 Å². The van der Waals surface area contributed by atoms with Crippen LogP contribution in [0.2, 0.25) is 0 Å². The summed E-state index contributed by atoms with van der Waals surface area (Å²) in [6, 6.07) is 7.21. The van der Waals surface area contributed by atoms with Gasteiger partial charge in [-0.2, -0.15) is 18.4 Å². The van der Waals surface area contributed by atoms with Gasteiger partial charge in [-0.15, -0.1) is 0 Å². The zero-order valence-corrected chi connectivity index (χ0v) is 16.3. The van der Waals surface area contributed by atoms with Gasteiger partial charge in [0, 0.05) is 25.5 Å². The van der Waals surface area contributed by atoms with E-state index < -0.39 is 41.0 Å². The van der Waals surface area contributed by atoms with E-state index in [0.717, 1.165) is 12.1 Å². The van der Waals surface area contributed by atoms with Gasteiger partial charge in [0.15, 0.2) is 0 Å². The van der Waals surface area contributed by atoms with Crippen LogP contribution in [0.15, 0.2) is 36.4 Å². The van der Waals surface area contributed by atoms with Gasteiger partial charge >= 0.3 is 6.18 Å². The number of amides is 2. The maximum absolute atomic E-state index is 14.2. The van der Waals surface area contributed by atoms with E-state index in [0.29, 0.717) is 11.8 Å². The number of carbonyl (C=O) groups excluding carboxylic acids is 2. The predicted molar refractivity (Wildman–Crippen MR) is 102 cm³/mol. The first kappa shape index (κ1) is 22.7. The number of nitrogens with one attached hydrogen (secondary N) is 2. The van der Waals surface area contributed by atoms with Gasteiger partial charge in [0.2, 0.25) is 5.91 Å². The Morgan fingerprint density at radius 3 is 2.37 bits per heavy atom. The molecule has 0 heterocycles. The molecule has 2 rings (SSSR count). The minimum atomic E-state index is -4.75. The van der Waals surface area contributed by atoms with E-state index in [1.807, 2.05) is 0 Å². The molecule has 0 fully saturated rings. The summed E-state index contributed by atoms with van der Waals surface area (Å²) in [6.45, 7) is 1.48. The highest BCUT2D eigenvalue weighted by Gasteiger charge is 2.34. The summed E-state index contributed by atoms with van der Waals surface area (Å²) in [5.74, 6) is -2.03. The highest BCUT2D eigenvalue weighted by molar-refractivity contribution is 5.97. The van der Waals surface area contributed by atoms with Gasteiger partial charge in [0.25, 0.3) is 5.91 Å². The third-order valence-electron chi connectivity index (χ3n) is 4.50. The fraction of sp³-hybridized carbons (Fsp3) is 0.250. The second-order valence-electron chi connectivity index (χ2n) is 6.39. The average molecular weight is 422 g/mol. The molecule has 30 heavy (non-hydrogen) atoms.